The van der Waals surface area contributed by atoms with E-state index in [1.165, 1.54) is 0 Å². The van der Waals surface area contributed by atoms with Gasteiger partial charge in [-0.2, -0.15) is 0 Å². The van der Waals surface area contributed by atoms with Crippen LogP contribution in [-0.4, -0.2) is 5.78 Å². The van der Waals surface area contributed by atoms with Gasteiger partial charge in [0.1, 0.15) is 0 Å². The van der Waals surface area contributed by atoms with Crippen LogP contribution in [0.3, 0.4) is 0 Å². The Morgan fingerprint density at radius 2 is 2.30 bits per heavy atom. The number of terminal acetylenes is 1. The summed E-state index contributed by atoms with van der Waals surface area (Å²) in [5, 5.41) is 0. The Morgan fingerprint density at radius 1 is 1.60 bits per heavy atom. The van der Waals surface area contributed by atoms with Gasteiger partial charge in [0.25, 0.3) is 0 Å². The lowest BCUT2D eigenvalue weighted by Gasteiger charge is -2.25. The van der Waals surface area contributed by atoms with Crippen molar-refractivity contribution in [2.45, 2.75) is 32.6 Å². The summed E-state index contributed by atoms with van der Waals surface area (Å²) in [6, 6.07) is 0. The van der Waals surface area contributed by atoms with E-state index in [1.54, 1.807) is 0 Å². The number of hydrogen-bond donors (Lipinski definition) is 0. The highest BCUT2D eigenvalue weighted by atomic mass is 16.1. The fourth-order valence-electron chi connectivity index (χ4n) is 1.33. The van der Waals surface area contributed by atoms with Gasteiger partial charge in [0.2, 0.25) is 0 Å². The molecular weight excluding hydrogens is 124 g/mol. The largest absolute Gasteiger partial charge is 0.298 e. The molecule has 1 aliphatic carbocycles. The minimum atomic E-state index is -0.432. The molecule has 10 heavy (non-hydrogen) atoms. The van der Waals surface area contributed by atoms with Gasteiger partial charge in [-0.3, -0.25) is 4.79 Å². The summed E-state index contributed by atoms with van der Waals surface area (Å²) < 4.78 is 0. The lowest BCUT2D eigenvalue weighted by Crippen LogP contribution is -2.29. The topological polar surface area (TPSA) is 17.1 Å². The maximum absolute atomic E-state index is 11.2. The third-order valence-corrected chi connectivity index (χ3v) is 2.26. The molecule has 1 aliphatic rings. The molecule has 0 aliphatic heterocycles. The summed E-state index contributed by atoms with van der Waals surface area (Å²) in [6.45, 7) is 1.87. The molecule has 0 amide bonds. The van der Waals surface area contributed by atoms with Gasteiger partial charge in [-0.25, -0.2) is 0 Å². The summed E-state index contributed by atoms with van der Waals surface area (Å²) >= 11 is 0. The normalized spacial score (nSPS) is 33.4. The van der Waals surface area contributed by atoms with Crippen molar-refractivity contribution in [1.29, 1.82) is 0 Å². The Labute approximate surface area is 61.8 Å². The van der Waals surface area contributed by atoms with E-state index < -0.39 is 5.41 Å². The van der Waals surface area contributed by atoms with Gasteiger partial charge in [-0.05, 0) is 19.8 Å². The molecule has 1 heteroatoms. The third kappa shape index (κ3) is 1.07. The van der Waals surface area contributed by atoms with E-state index in [1.807, 2.05) is 6.92 Å². The minimum Gasteiger partial charge on any atom is -0.298 e. The Morgan fingerprint density at radius 3 is 2.70 bits per heavy atom. The van der Waals surface area contributed by atoms with Gasteiger partial charge in [0.05, 0.1) is 5.41 Å². The van der Waals surface area contributed by atoms with Crippen molar-refractivity contribution in [3.63, 3.8) is 0 Å². The number of carbonyl (C=O) groups excluding carboxylic acids is 1. The van der Waals surface area contributed by atoms with Gasteiger partial charge in [0.15, 0.2) is 5.78 Å². The van der Waals surface area contributed by atoms with Crippen LogP contribution in [0.5, 0.6) is 0 Å². The lowest BCUT2D eigenvalue weighted by atomic mass is 9.75. The molecule has 1 saturated carbocycles. The Hall–Kier alpha value is -0.770. The zero-order chi connectivity index (χ0) is 7.61. The van der Waals surface area contributed by atoms with Crippen LogP contribution >= 0.6 is 0 Å². The fraction of sp³-hybridized carbons (Fsp3) is 0.667. The van der Waals surface area contributed by atoms with Crippen molar-refractivity contribution in [3.05, 3.63) is 0 Å². The molecule has 0 radical (unpaired) electrons. The highest BCUT2D eigenvalue weighted by Crippen LogP contribution is 2.31. The molecule has 1 unspecified atom stereocenters. The van der Waals surface area contributed by atoms with E-state index in [9.17, 15) is 4.79 Å². The second kappa shape index (κ2) is 2.46. The molecule has 1 rings (SSSR count). The van der Waals surface area contributed by atoms with Crippen molar-refractivity contribution >= 4 is 5.78 Å². The first kappa shape index (κ1) is 7.34. The van der Waals surface area contributed by atoms with Crippen LogP contribution in [0, 0.1) is 17.8 Å². The number of hydrogen-bond acceptors (Lipinski definition) is 1. The third-order valence-electron chi connectivity index (χ3n) is 2.26. The molecule has 0 saturated heterocycles. The molecule has 1 atom stereocenters. The average Bonchev–Trinajstić information content (AvgIpc) is 1.96. The maximum atomic E-state index is 11.2. The monoisotopic (exact) mass is 136 g/mol. The molecule has 0 aromatic heterocycles. The Balaban J connectivity index is 2.75. The van der Waals surface area contributed by atoms with Crippen LogP contribution in [0.25, 0.3) is 0 Å². The molecule has 0 aromatic carbocycles. The van der Waals surface area contributed by atoms with Gasteiger partial charge < -0.3 is 0 Å². The van der Waals surface area contributed by atoms with E-state index >= 15 is 0 Å². The van der Waals surface area contributed by atoms with Crippen LogP contribution < -0.4 is 0 Å². The molecule has 54 valence electrons. The van der Waals surface area contributed by atoms with Gasteiger partial charge in [-0.15, -0.1) is 6.42 Å². The van der Waals surface area contributed by atoms with Gasteiger partial charge >= 0.3 is 0 Å². The molecule has 0 spiro atoms. The van der Waals surface area contributed by atoms with Gasteiger partial charge in [0, 0.05) is 6.42 Å². The summed E-state index contributed by atoms with van der Waals surface area (Å²) in [7, 11) is 0. The molecule has 0 bridgehead atoms. The van der Waals surface area contributed by atoms with Crippen molar-refractivity contribution in [1.82, 2.24) is 0 Å². The number of ketones is 1. The first-order valence-corrected chi connectivity index (χ1v) is 3.70. The smallest absolute Gasteiger partial charge is 0.150 e. The van der Waals surface area contributed by atoms with E-state index in [0.717, 1.165) is 19.3 Å². The standard InChI is InChI=1S/C9H12O/c1-3-9(2)7-5-4-6-8(9)10/h1H,4-7H2,2H3. The highest BCUT2D eigenvalue weighted by molar-refractivity contribution is 5.87. The fourth-order valence-corrected chi connectivity index (χ4v) is 1.33. The van der Waals surface area contributed by atoms with Crippen LogP contribution in [-0.2, 0) is 4.79 Å². The first-order chi connectivity index (χ1) is 4.69. The molecule has 0 N–H and O–H groups in total. The summed E-state index contributed by atoms with van der Waals surface area (Å²) in [4.78, 5) is 11.2. The molecule has 0 aromatic rings. The Bertz CT molecular complexity index is 187. The van der Waals surface area contributed by atoms with Crippen LogP contribution in [0.4, 0.5) is 0 Å². The second-order valence-corrected chi connectivity index (χ2v) is 3.11. The average molecular weight is 136 g/mol. The predicted molar refractivity (Wildman–Crippen MR) is 40.4 cm³/mol. The van der Waals surface area contributed by atoms with Crippen LogP contribution in [0.15, 0.2) is 0 Å². The molecule has 1 fully saturated rings. The highest BCUT2D eigenvalue weighted by Gasteiger charge is 2.32. The number of rotatable bonds is 0. The van der Waals surface area contributed by atoms with E-state index in [0.29, 0.717) is 6.42 Å². The second-order valence-electron chi connectivity index (χ2n) is 3.11. The van der Waals surface area contributed by atoms with Crippen molar-refractivity contribution < 1.29 is 4.79 Å². The van der Waals surface area contributed by atoms with Crippen LogP contribution in [0.1, 0.15) is 32.6 Å². The van der Waals surface area contributed by atoms with Crippen LogP contribution in [0.2, 0.25) is 0 Å². The lowest BCUT2D eigenvalue weighted by molar-refractivity contribution is -0.127. The molecular formula is C9H12O. The van der Waals surface area contributed by atoms with Gasteiger partial charge in [-0.1, -0.05) is 12.3 Å². The predicted octanol–water partition coefficient (Wildman–Crippen LogP) is 1.77. The SMILES string of the molecule is C#CC1(C)CCCCC1=O. The summed E-state index contributed by atoms with van der Waals surface area (Å²) in [5.41, 5.74) is -0.432. The summed E-state index contributed by atoms with van der Waals surface area (Å²) in [6.07, 6.45) is 8.94. The van der Waals surface area contributed by atoms with Crippen molar-refractivity contribution in [2.75, 3.05) is 0 Å². The number of Topliss-reactive ketones (excluding diaryl/α,β-unsaturated/α-hetero) is 1. The van der Waals surface area contributed by atoms with Crippen molar-refractivity contribution in [3.8, 4) is 12.3 Å². The zero-order valence-electron chi connectivity index (χ0n) is 6.31. The molecule has 1 nitrogen and oxygen atoms in total. The van der Waals surface area contributed by atoms with E-state index in [-0.39, 0.29) is 5.78 Å². The van der Waals surface area contributed by atoms with E-state index in [4.69, 9.17) is 6.42 Å². The Kier molecular flexibility index (Phi) is 1.80. The maximum Gasteiger partial charge on any atom is 0.150 e. The summed E-state index contributed by atoms with van der Waals surface area (Å²) in [5.74, 6) is 2.83. The molecule has 0 heterocycles. The number of carbonyl (C=O) groups is 1. The van der Waals surface area contributed by atoms with E-state index in [2.05, 4.69) is 5.92 Å². The quantitative estimate of drug-likeness (QED) is 0.464. The first-order valence-electron chi connectivity index (χ1n) is 3.70. The zero-order valence-corrected chi connectivity index (χ0v) is 6.31. The minimum absolute atomic E-state index is 0.251. The van der Waals surface area contributed by atoms with Crippen molar-refractivity contribution in [2.24, 2.45) is 5.41 Å².